The predicted octanol–water partition coefficient (Wildman–Crippen LogP) is 3.56. The predicted molar refractivity (Wildman–Crippen MR) is 109 cm³/mol. The molecule has 1 N–H and O–H groups in total. The second kappa shape index (κ2) is 9.44. The van der Waals surface area contributed by atoms with E-state index in [-0.39, 0.29) is 17.6 Å². The van der Waals surface area contributed by atoms with Crippen molar-refractivity contribution < 1.29 is 9.59 Å². The SMILES string of the molecule is CC(C)CC(=O)[C@@H]1CCCN(C(=O)c2ccc(NCc3cccnc3)nc2)C1. The lowest BCUT2D eigenvalue weighted by Crippen LogP contribution is -2.42. The van der Waals surface area contributed by atoms with Crippen molar-refractivity contribution in [1.29, 1.82) is 0 Å². The summed E-state index contributed by atoms with van der Waals surface area (Å²) < 4.78 is 0. The number of carbonyl (C=O) groups is 2. The molecule has 0 aromatic carbocycles. The van der Waals surface area contributed by atoms with Gasteiger partial charge in [0.05, 0.1) is 5.56 Å². The highest BCUT2D eigenvalue weighted by Gasteiger charge is 2.29. The zero-order chi connectivity index (χ0) is 19.9. The van der Waals surface area contributed by atoms with E-state index in [0.29, 0.717) is 43.4 Å². The van der Waals surface area contributed by atoms with Crippen molar-refractivity contribution in [2.45, 2.75) is 39.7 Å². The Morgan fingerprint density at radius 1 is 1.25 bits per heavy atom. The smallest absolute Gasteiger partial charge is 0.255 e. The molecule has 6 heteroatoms. The molecular formula is C22H28N4O2. The molecule has 1 amide bonds. The number of nitrogens with zero attached hydrogens (tertiary/aromatic N) is 3. The van der Waals surface area contributed by atoms with Gasteiger partial charge in [0.1, 0.15) is 11.6 Å². The fourth-order valence-corrected chi connectivity index (χ4v) is 3.50. The van der Waals surface area contributed by atoms with Gasteiger partial charge >= 0.3 is 0 Å². The van der Waals surface area contributed by atoms with Crippen LogP contribution < -0.4 is 5.32 Å². The molecule has 0 spiro atoms. The number of amides is 1. The van der Waals surface area contributed by atoms with E-state index >= 15 is 0 Å². The number of likely N-dealkylation sites (tertiary alicyclic amines) is 1. The van der Waals surface area contributed by atoms with Gasteiger partial charge in [-0.1, -0.05) is 19.9 Å². The minimum Gasteiger partial charge on any atom is -0.366 e. The molecule has 0 saturated carbocycles. The van der Waals surface area contributed by atoms with Crippen LogP contribution in [0.2, 0.25) is 0 Å². The molecule has 0 bridgehead atoms. The van der Waals surface area contributed by atoms with E-state index in [1.807, 2.05) is 18.2 Å². The summed E-state index contributed by atoms with van der Waals surface area (Å²) in [5, 5.41) is 3.23. The van der Waals surface area contributed by atoms with Crippen LogP contribution in [0.1, 0.15) is 49.0 Å². The Kier molecular flexibility index (Phi) is 6.74. The van der Waals surface area contributed by atoms with Gasteiger partial charge in [0.2, 0.25) is 0 Å². The highest BCUT2D eigenvalue weighted by Crippen LogP contribution is 2.22. The number of pyridine rings is 2. The van der Waals surface area contributed by atoms with Gasteiger partial charge in [-0.05, 0) is 42.5 Å². The highest BCUT2D eigenvalue weighted by atomic mass is 16.2. The minimum atomic E-state index is -0.0478. The van der Waals surface area contributed by atoms with Crippen LogP contribution >= 0.6 is 0 Å². The molecule has 148 valence electrons. The molecule has 0 aliphatic carbocycles. The highest BCUT2D eigenvalue weighted by molar-refractivity contribution is 5.94. The van der Waals surface area contributed by atoms with Gasteiger partial charge in [0, 0.05) is 50.6 Å². The Balaban J connectivity index is 1.57. The molecule has 1 saturated heterocycles. The van der Waals surface area contributed by atoms with E-state index in [1.54, 1.807) is 29.6 Å². The monoisotopic (exact) mass is 380 g/mol. The summed E-state index contributed by atoms with van der Waals surface area (Å²) in [7, 11) is 0. The first-order valence-electron chi connectivity index (χ1n) is 9.93. The largest absolute Gasteiger partial charge is 0.366 e. The van der Waals surface area contributed by atoms with E-state index in [1.165, 1.54) is 0 Å². The molecule has 6 nitrogen and oxygen atoms in total. The van der Waals surface area contributed by atoms with Crippen LogP contribution in [0.5, 0.6) is 0 Å². The fraction of sp³-hybridized carbons (Fsp3) is 0.455. The maximum Gasteiger partial charge on any atom is 0.255 e. The summed E-state index contributed by atoms with van der Waals surface area (Å²) in [6.45, 7) is 5.95. The van der Waals surface area contributed by atoms with Gasteiger partial charge in [-0.25, -0.2) is 4.98 Å². The molecule has 0 unspecified atom stereocenters. The molecule has 3 heterocycles. The molecule has 2 aromatic rings. The Bertz CT molecular complexity index is 790. The Morgan fingerprint density at radius 2 is 2.11 bits per heavy atom. The van der Waals surface area contributed by atoms with Gasteiger partial charge < -0.3 is 10.2 Å². The number of hydrogen-bond acceptors (Lipinski definition) is 5. The third-order valence-corrected chi connectivity index (χ3v) is 4.98. The maximum absolute atomic E-state index is 12.8. The van der Waals surface area contributed by atoms with Crippen LogP contribution in [-0.2, 0) is 11.3 Å². The van der Waals surface area contributed by atoms with E-state index in [9.17, 15) is 9.59 Å². The Morgan fingerprint density at radius 3 is 2.79 bits per heavy atom. The second-order valence-electron chi connectivity index (χ2n) is 7.80. The molecule has 1 fully saturated rings. The van der Waals surface area contributed by atoms with E-state index in [2.05, 4.69) is 29.1 Å². The van der Waals surface area contributed by atoms with E-state index < -0.39 is 0 Å². The Labute approximate surface area is 166 Å². The lowest BCUT2D eigenvalue weighted by Gasteiger charge is -2.32. The van der Waals surface area contributed by atoms with Gasteiger partial charge in [-0.15, -0.1) is 0 Å². The number of Topliss-reactive ketones (excluding diaryl/α,β-unsaturated/α-hetero) is 1. The summed E-state index contributed by atoms with van der Waals surface area (Å²) in [5.41, 5.74) is 1.62. The topological polar surface area (TPSA) is 75.2 Å². The number of aromatic nitrogens is 2. The van der Waals surface area contributed by atoms with Gasteiger partial charge in [-0.2, -0.15) is 0 Å². The number of nitrogens with one attached hydrogen (secondary N) is 1. The van der Waals surface area contributed by atoms with Crippen LogP contribution in [0.15, 0.2) is 42.9 Å². The van der Waals surface area contributed by atoms with Crippen molar-refractivity contribution in [2.75, 3.05) is 18.4 Å². The first-order chi connectivity index (χ1) is 13.5. The molecule has 0 radical (unpaired) electrons. The molecular weight excluding hydrogens is 352 g/mol. The van der Waals surface area contributed by atoms with Crippen molar-refractivity contribution >= 4 is 17.5 Å². The first-order valence-corrected chi connectivity index (χ1v) is 9.93. The van der Waals surface area contributed by atoms with Crippen LogP contribution in [0.3, 0.4) is 0 Å². The number of hydrogen-bond donors (Lipinski definition) is 1. The first kappa shape index (κ1) is 20.0. The van der Waals surface area contributed by atoms with Crippen molar-refractivity contribution in [3.8, 4) is 0 Å². The van der Waals surface area contributed by atoms with Crippen molar-refractivity contribution in [3.63, 3.8) is 0 Å². The number of anilines is 1. The van der Waals surface area contributed by atoms with Crippen molar-refractivity contribution in [3.05, 3.63) is 54.0 Å². The average Bonchev–Trinajstić information content (AvgIpc) is 2.72. The second-order valence-corrected chi connectivity index (χ2v) is 7.80. The van der Waals surface area contributed by atoms with Gasteiger partial charge in [0.25, 0.3) is 5.91 Å². The third-order valence-electron chi connectivity index (χ3n) is 4.98. The quantitative estimate of drug-likeness (QED) is 0.795. The van der Waals surface area contributed by atoms with E-state index in [0.717, 1.165) is 18.4 Å². The minimum absolute atomic E-state index is 0.0338. The van der Waals surface area contributed by atoms with Crippen LogP contribution in [0.4, 0.5) is 5.82 Å². The molecule has 2 aromatic heterocycles. The lowest BCUT2D eigenvalue weighted by atomic mass is 9.89. The normalized spacial score (nSPS) is 16.8. The van der Waals surface area contributed by atoms with Gasteiger partial charge in [-0.3, -0.25) is 14.6 Å². The van der Waals surface area contributed by atoms with Crippen molar-refractivity contribution in [2.24, 2.45) is 11.8 Å². The van der Waals surface area contributed by atoms with Crippen molar-refractivity contribution in [1.82, 2.24) is 14.9 Å². The summed E-state index contributed by atoms with van der Waals surface area (Å²) >= 11 is 0. The Hall–Kier alpha value is -2.76. The molecule has 1 aliphatic rings. The lowest BCUT2D eigenvalue weighted by molar-refractivity contribution is -0.124. The summed E-state index contributed by atoms with van der Waals surface area (Å²) in [6, 6.07) is 7.49. The fourth-order valence-electron chi connectivity index (χ4n) is 3.50. The number of piperidine rings is 1. The molecule has 1 atom stereocenters. The number of carbonyl (C=O) groups excluding carboxylic acids is 2. The zero-order valence-corrected chi connectivity index (χ0v) is 16.6. The number of rotatable bonds is 7. The summed E-state index contributed by atoms with van der Waals surface area (Å²) in [5.74, 6) is 1.26. The van der Waals surface area contributed by atoms with E-state index in [4.69, 9.17) is 0 Å². The average molecular weight is 380 g/mol. The third kappa shape index (κ3) is 5.38. The standard InChI is InChI=1S/C22H28N4O2/c1-16(2)11-20(27)19-6-4-10-26(15-19)22(28)18-7-8-21(25-14-18)24-13-17-5-3-9-23-12-17/h3,5,7-9,12,14,16,19H,4,6,10-11,13,15H2,1-2H3,(H,24,25)/t19-/m1/s1. The summed E-state index contributed by atoms with van der Waals surface area (Å²) in [6.07, 6.45) is 7.49. The number of ketones is 1. The van der Waals surface area contributed by atoms with Gasteiger partial charge in [0.15, 0.2) is 0 Å². The summed E-state index contributed by atoms with van der Waals surface area (Å²) in [4.78, 5) is 35.5. The van der Waals surface area contributed by atoms with Crippen LogP contribution in [0.25, 0.3) is 0 Å². The van der Waals surface area contributed by atoms with Crippen LogP contribution in [-0.4, -0.2) is 39.6 Å². The zero-order valence-electron chi connectivity index (χ0n) is 16.6. The molecule has 3 rings (SSSR count). The van der Waals surface area contributed by atoms with Crippen LogP contribution in [0, 0.1) is 11.8 Å². The molecule has 1 aliphatic heterocycles. The molecule has 28 heavy (non-hydrogen) atoms. The maximum atomic E-state index is 12.8.